The summed E-state index contributed by atoms with van der Waals surface area (Å²) >= 11 is 0. The first-order valence-electron chi connectivity index (χ1n) is 9.04. The van der Waals surface area contributed by atoms with Crippen molar-refractivity contribution in [3.05, 3.63) is 53.6 Å². The molecule has 2 aromatic rings. The van der Waals surface area contributed by atoms with Crippen LogP contribution in [0.25, 0.3) is 0 Å². The lowest BCUT2D eigenvalue weighted by Crippen LogP contribution is -2.37. The number of hydrogen-bond acceptors (Lipinski definition) is 4. The van der Waals surface area contributed by atoms with Crippen molar-refractivity contribution in [3.63, 3.8) is 0 Å². The lowest BCUT2D eigenvalue weighted by atomic mass is 10.1. The molecule has 0 aromatic heterocycles. The highest BCUT2D eigenvalue weighted by atomic mass is 19.4. The Bertz CT molecular complexity index is 839. The molecule has 156 valence electrons. The van der Waals surface area contributed by atoms with Crippen molar-refractivity contribution in [1.82, 2.24) is 10.6 Å². The van der Waals surface area contributed by atoms with E-state index in [1.807, 2.05) is 18.2 Å². The number of hydrogen-bond donors (Lipinski definition) is 2. The smallest absolute Gasteiger partial charge is 0.422 e. The lowest BCUT2D eigenvalue weighted by Gasteiger charge is -2.13. The Morgan fingerprint density at radius 3 is 2.48 bits per heavy atom. The second kappa shape index (κ2) is 9.40. The highest BCUT2D eigenvalue weighted by molar-refractivity contribution is 5.79. The molecule has 0 unspecified atom stereocenters. The number of nitrogens with zero attached hydrogens (tertiary/aromatic N) is 1. The van der Waals surface area contributed by atoms with Crippen LogP contribution in [0.4, 0.5) is 13.2 Å². The van der Waals surface area contributed by atoms with Crippen molar-refractivity contribution < 1.29 is 27.4 Å². The Morgan fingerprint density at radius 1 is 1.03 bits per heavy atom. The third-order valence-corrected chi connectivity index (χ3v) is 4.15. The summed E-state index contributed by atoms with van der Waals surface area (Å²) in [7, 11) is 1.67. The number of aliphatic imine (C=N–C) groups is 1. The van der Waals surface area contributed by atoms with Gasteiger partial charge in [-0.3, -0.25) is 4.99 Å². The number of halogens is 3. The summed E-state index contributed by atoms with van der Waals surface area (Å²) < 4.78 is 51.9. The van der Waals surface area contributed by atoms with E-state index < -0.39 is 12.8 Å². The van der Waals surface area contributed by atoms with Crippen LogP contribution in [0.3, 0.4) is 0 Å². The fourth-order valence-corrected chi connectivity index (χ4v) is 2.70. The number of nitrogens with one attached hydrogen (secondary N) is 2. The molecule has 0 spiro atoms. The molecule has 0 saturated heterocycles. The predicted molar refractivity (Wildman–Crippen MR) is 102 cm³/mol. The van der Waals surface area contributed by atoms with E-state index in [1.54, 1.807) is 19.2 Å². The first kappa shape index (κ1) is 20.6. The SMILES string of the molecule is CN=C(NCCc1ccc2c(c1)OCO2)NCc1ccc(OCC(F)(F)F)cc1. The number of ether oxygens (including phenoxy) is 3. The number of alkyl halides is 3. The molecule has 0 fully saturated rings. The van der Waals surface area contributed by atoms with E-state index in [9.17, 15) is 13.2 Å². The fraction of sp³-hybridized carbons (Fsp3) is 0.350. The quantitative estimate of drug-likeness (QED) is 0.543. The Morgan fingerprint density at radius 2 is 1.76 bits per heavy atom. The van der Waals surface area contributed by atoms with Crippen LogP contribution in [0, 0.1) is 0 Å². The predicted octanol–water partition coefficient (Wildman–Crippen LogP) is 3.26. The van der Waals surface area contributed by atoms with Gasteiger partial charge in [0, 0.05) is 20.1 Å². The van der Waals surface area contributed by atoms with Gasteiger partial charge in [0.2, 0.25) is 6.79 Å². The topological polar surface area (TPSA) is 64.1 Å². The summed E-state index contributed by atoms with van der Waals surface area (Å²) in [4.78, 5) is 4.17. The number of benzene rings is 2. The normalized spacial score (nSPS) is 13.3. The van der Waals surface area contributed by atoms with Crippen LogP contribution in [0.15, 0.2) is 47.5 Å². The Hall–Kier alpha value is -3.10. The molecular weight excluding hydrogens is 387 g/mol. The van der Waals surface area contributed by atoms with Crippen LogP contribution in [-0.2, 0) is 13.0 Å². The van der Waals surface area contributed by atoms with Crippen LogP contribution in [0.1, 0.15) is 11.1 Å². The van der Waals surface area contributed by atoms with E-state index in [2.05, 4.69) is 15.6 Å². The second-order valence-electron chi connectivity index (χ2n) is 6.34. The van der Waals surface area contributed by atoms with Crippen LogP contribution < -0.4 is 24.8 Å². The number of rotatable bonds is 7. The molecule has 1 aliphatic rings. The monoisotopic (exact) mass is 409 g/mol. The minimum absolute atomic E-state index is 0.178. The molecule has 29 heavy (non-hydrogen) atoms. The molecule has 9 heteroatoms. The van der Waals surface area contributed by atoms with Gasteiger partial charge < -0.3 is 24.8 Å². The Labute approximate surface area is 166 Å². The van der Waals surface area contributed by atoms with Gasteiger partial charge in [0.15, 0.2) is 24.1 Å². The third-order valence-electron chi connectivity index (χ3n) is 4.15. The second-order valence-corrected chi connectivity index (χ2v) is 6.34. The molecule has 1 heterocycles. The van der Waals surface area contributed by atoms with E-state index >= 15 is 0 Å². The van der Waals surface area contributed by atoms with Gasteiger partial charge in [0.25, 0.3) is 0 Å². The van der Waals surface area contributed by atoms with Crippen LogP contribution in [0.5, 0.6) is 17.2 Å². The summed E-state index contributed by atoms with van der Waals surface area (Å²) in [6.07, 6.45) is -3.57. The third kappa shape index (κ3) is 6.48. The molecule has 0 radical (unpaired) electrons. The van der Waals surface area contributed by atoms with Crippen molar-refractivity contribution >= 4 is 5.96 Å². The van der Waals surface area contributed by atoms with E-state index in [-0.39, 0.29) is 12.5 Å². The fourth-order valence-electron chi connectivity index (χ4n) is 2.70. The van der Waals surface area contributed by atoms with Gasteiger partial charge in [0.1, 0.15) is 5.75 Å². The summed E-state index contributed by atoms with van der Waals surface area (Å²) in [5, 5.41) is 6.38. The molecule has 0 amide bonds. The molecule has 0 atom stereocenters. The zero-order chi connectivity index (χ0) is 20.7. The maximum atomic E-state index is 12.2. The highest BCUT2D eigenvalue weighted by Crippen LogP contribution is 2.32. The number of fused-ring (bicyclic) bond motifs is 1. The molecule has 2 aromatic carbocycles. The number of guanidine groups is 1. The van der Waals surface area contributed by atoms with Crippen LogP contribution in [0.2, 0.25) is 0 Å². The molecule has 0 aliphatic carbocycles. The van der Waals surface area contributed by atoms with Crippen molar-refractivity contribution in [1.29, 1.82) is 0 Å². The van der Waals surface area contributed by atoms with Gasteiger partial charge in [-0.15, -0.1) is 0 Å². The summed E-state index contributed by atoms with van der Waals surface area (Å²) in [6, 6.07) is 12.3. The largest absolute Gasteiger partial charge is 0.484 e. The van der Waals surface area contributed by atoms with Gasteiger partial charge in [-0.2, -0.15) is 13.2 Å². The zero-order valence-corrected chi connectivity index (χ0v) is 15.9. The lowest BCUT2D eigenvalue weighted by molar-refractivity contribution is -0.153. The first-order chi connectivity index (χ1) is 13.9. The molecule has 2 N–H and O–H groups in total. The van der Waals surface area contributed by atoms with Crippen molar-refractivity contribution in [2.24, 2.45) is 4.99 Å². The van der Waals surface area contributed by atoms with Crippen molar-refractivity contribution in [3.8, 4) is 17.2 Å². The Kier molecular flexibility index (Phi) is 6.69. The maximum Gasteiger partial charge on any atom is 0.422 e. The Balaban J connectivity index is 1.41. The van der Waals surface area contributed by atoms with Crippen LogP contribution >= 0.6 is 0 Å². The summed E-state index contributed by atoms with van der Waals surface area (Å²) in [6.45, 7) is 0.0976. The average molecular weight is 409 g/mol. The highest BCUT2D eigenvalue weighted by Gasteiger charge is 2.28. The maximum absolute atomic E-state index is 12.2. The van der Waals surface area contributed by atoms with Gasteiger partial charge in [-0.25, -0.2) is 0 Å². The molecule has 6 nitrogen and oxygen atoms in total. The van der Waals surface area contributed by atoms with Crippen molar-refractivity contribution in [2.45, 2.75) is 19.1 Å². The summed E-state index contributed by atoms with van der Waals surface area (Å²) in [5.74, 6) is 2.32. The molecule has 1 aliphatic heterocycles. The summed E-state index contributed by atoms with van der Waals surface area (Å²) in [5.41, 5.74) is 2.01. The van der Waals surface area contributed by atoms with E-state index in [0.29, 0.717) is 19.0 Å². The van der Waals surface area contributed by atoms with E-state index in [0.717, 1.165) is 29.0 Å². The molecular formula is C20H22F3N3O3. The van der Waals surface area contributed by atoms with E-state index in [1.165, 1.54) is 12.1 Å². The zero-order valence-electron chi connectivity index (χ0n) is 15.9. The van der Waals surface area contributed by atoms with Gasteiger partial charge in [0.05, 0.1) is 0 Å². The van der Waals surface area contributed by atoms with E-state index in [4.69, 9.17) is 14.2 Å². The average Bonchev–Trinajstić information content (AvgIpc) is 3.17. The van der Waals surface area contributed by atoms with Gasteiger partial charge in [-0.1, -0.05) is 18.2 Å². The van der Waals surface area contributed by atoms with Gasteiger partial charge in [-0.05, 0) is 41.8 Å². The minimum atomic E-state index is -4.35. The van der Waals surface area contributed by atoms with Crippen molar-refractivity contribution in [2.75, 3.05) is 27.0 Å². The minimum Gasteiger partial charge on any atom is -0.484 e. The van der Waals surface area contributed by atoms with Gasteiger partial charge >= 0.3 is 6.18 Å². The standard InChI is InChI=1S/C20H22F3N3O3/c1-24-19(25-9-8-14-4-7-17-18(10-14)29-13-28-17)26-11-15-2-5-16(6-3-15)27-12-20(21,22)23/h2-7,10H,8-9,11-13H2,1H3,(H2,24,25,26). The molecule has 0 saturated carbocycles. The first-order valence-corrected chi connectivity index (χ1v) is 9.04. The molecule has 0 bridgehead atoms. The molecule has 3 rings (SSSR count). The van der Waals surface area contributed by atoms with Crippen LogP contribution in [-0.4, -0.2) is 39.1 Å².